The third-order valence-corrected chi connectivity index (χ3v) is 5.78. The summed E-state index contributed by atoms with van der Waals surface area (Å²) in [6.45, 7) is 5.92. The highest BCUT2D eigenvalue weighted by Gasteiger charge is 2.28. The first kappa shape index (κ1) is 17.6. The number of hydrogen-bond donors (Lipinski definition) is 2. The molecular formula is C19H22N2O3S. The molecule has 0 aliphatic heterocycles. The van der Waals surface area contributed by atoms with Crippen LogP contribution in [0.2, 0.25) is 0 Å². The fraction of sp³-hybridized carbons (Fsp3) is 0.316. The van der Waals surface area contributed by atoms with Crippen LogP contribution < -0.4 is 10.0 Å². The van der Waals surface area contributed by atoms with Crippen molar-refractivity contribution >= 4 is 21.6 Å². The molecule has 2 aromatic rings. The molecule has 132 valence electrons. The van der Waals surface area contributed by atoms with Gasteiger partial charge in [0, 0.05) is 17.3 Å². The van der Waals surface area contributed by atoms with E-state index in [-0.39, 0.29) is 16.8 Å². The second kappa shape index (κ2) is 6.61. The molecule has 0 heterocycles. The van der Waals surface area contributed by atoms with Gasteiger partial charge in [0.05, 0.1) is 4.90 Å². The van der Waals surface area contributed by atoms with Crippen molar-refractivity contribution in [2.45, 2.75) is 44.6 Å². The van der Waals surface area contributed by atoms with Crippen molar-refractivity contribution in [2.24, 2.45) is 0 Å². The van der Waals surface area contributed by atoms with Gasteiger partial charge in [-0.05, 0) is 69.0 Å². The number of anilines is 1. The van der Waals surface area contributed by atoms with Gasteiger partial charge in [0.1, 0.15) is 0 Å². The van der Waals surface area contributed by atoms with Crippen molar-refractivity contribution in [2.75, 3.05) is 5.32 Å². The molecule has 5 nitrogen and oxygen atoms in total. The highest BCUT2D eigenvalue weighted by molar-refractivity contribution is 7.89. The molecule has 0 atom stereocenters. The van der Waals surface area contributed by atoms with E-state index in [1.807, 2.05) is 32.9 Å². The van der Waals surface area contributed by atoms with E-state index in [9.17, 15) is 13.2 Å². The van der Waals surface area contributed by atoms with E-state index in [0.717, 1.165) is 35.2 Å². The first-order chi connectivity index (χ1) is 11.8. The highest BCUT2D eigenvalue weighted by atomic mass is 32.2. The molecule has 0 bridgehead atoms. The lowest BCUT2D eigenvalue weighted by Crippen LogP contribution is -2.25. The van der Waals surface area contributed by atoms with Gasteiger partial charge in [0.25, 0.3) is 5.91 Å². The van der Waals surface area contributed by atoms with Gasteiger partial charge in [0.2, 0.25) is 10.0 Å². The Morgan fingerprint density at radius 3 is 2.08 bits per heavy atom. The lowest BCUT2D eigenvalue weighted by atomic mass is 10.0. The second-order valence-corrected chi connectivity index (χ2v) is 8.36. The maximum Gasteiger partial charge on any atom is 0.255 e. The van der Waals surface area contributed by atoms with Gasteiger partial charge in [-0.2, -0.15) is 0 Å². The number of carbonyl (C=O) groups excluding carboxylic acids is 1. The number of benzene rings is 2. The van der Waals surface area contributed by atoms with Crippen LogP contribution in [0.3, 0.4) is 0 Å². The number of amides is 1. The smallest absolute Gasteiger partial charge is 0.255 e. The van der Waals surface area contributed by atoms with Crippen LogP contribution in [0.25, 0.3) is 0 Å². The predicted molar refractivity (Wildman–Crippen MR) is 98.4 cm³/mol. The quantitative estimate of drug-likeness (QED) is 0.861. The first-order valence-corrected chi connectivity index (χ1v) is 9.76. The number of sulfonamides is 1. The van der Waals surface area contributed by atoms with Gasteiger partial charge in [0.15, 0.2) is 0 Å². The summed E-state index contributed by atoms with van der Waals surface area (Å²) in [4.78, 5) is 12.7. The number of aryl methyl sites for hydroxylation is 3. The Balaban J connectivity index is 1.77. The SMILES string of the molecule is Cc1cc(C)c(NC(=O)c2ccc(S(=O)(=O)NC3CC3)cc2)c(C)c1. The van der Waals surface area contributed by atoms with Crippen LogP contribution in [0.5, 0.6) is 0 Å². The molecule has 3 rings (SSSR count). The Bertz CT molecular complexity index is 891. The summed E-state index contributed by atoms with van der Waals surface area (Å²) in [5.41, 5.74) is 4.36. The predicted octanol–water partition coefficient (Wildman–Crippen LogP) is 3.30. The fourth-order valence-electron chi connectivity index (χ4n) is 2.84. The Morgan fingerprint density at radius 2 is 1.56 bits per heavy atom. The third kappa shape index (κ3) is 4.08. The molecule has 6 heteroatoms. The summed E-state index contributed by atoms with van der Waals surface area (Å²) in [6, 6.07) is 10.1. The van der Waals surface area contributed by atoms with Crippen LogP contribution in [-0.2, 0) is 10.0 Å². The average molecular weight is 358 g/mol. The van der Waals surface area contributed by atoms with Crippen molar-refractivity contribution in [1.82, 2.24) is 4.72 Å². The Hall–Kier alpha value is -2.18. The zero-order valence-corrected chi connectivity index (χ0v) is 15.4. The van der Waals surface area contributed by atoms with E-state index in [4.69, 9.17) is 0 Å². The number of carbonyl (C=O) groups is 1. The van der Waals surface area contributed by atoms with Crippen LogP contribution in [0, 0.1) is 20.8 Å². The van der Waals surface area contributed by atoms with Gasteiger partial charge >= 0.3 is 0 Å². The molecule has 0 unspecified atom stereocenters. The molecule has 1 amide bonds. The van der Waals surface area contributed by atoms with Gasteiger partial charge in [-0.15, -0.1) is 0 Å². The minimum absolute atomic E-state index is 0.0560. The van der Waals surface area contributed by atoms with Crippen LogP contribution in [0.1, 0.15) is 39.9 Å². The summed E-state index contributed by atoms with van der Waals surface area (Å²) in [5, 5.41) is 2.92. The number of rotatable bonds is 5. The fourth-order valence-corrected chi connectivity index (χ4v) is 4.14. The summed E-state index contributed by atoms with van der Waals surface area (Å²) in [6.07, 6.45) is 1.77. The van der Waals surface area contributed by atoms with Crippen LogP contribution in [0.4, 0.5) is 5.69 Å². The summed E-state index contributed by atoms with van der Waals surface area (Å²) in [5.74, 6) is -0.255. The average Bonchev–Trinajstić information content (AvgIpc) is 3.34. The standard InChI is InChI=1S/C19H22N2O3S/c1-12-10-13(2)18(14(3)11-12)20-19(22)15-4-8-17(9-5-15)25(23,24)21-16-6-7-16/h4-5,8-11,16,21H,6-7H2,1-3H3,(H,20,22). The molecule has 1 fully saturated rings. The van der Waals surface area contributed by atoms with E-state index in [2.05, 4.69) is 10.0 Å². The van der Waals surface area contributed by atoms with Crippen molar-refractivity contribution in [3.8, 4) is 0 Å². The van der Waals surface area contributed by atoms with Crippen LogP contribution >= 0.6 is 0 Å². The van der Waals surface area contributed by atoms with Crippen molar-refractivity contribution in [3.05, 3.63) is 58.7 Å². The second-order valence-electron chi connectivity index (χ2n) is 6.65. The highest BCUT2D eigenvalue weighted by Crippen LogP contribution is 2.24. The van der Waals surface area contributed by atoms with Crippen LogP contribution in [-0.4, -0.2) is 20.4 Å². The largest absolute Gasteiger partial charge is 0.322 e. The molecule has 0 spiro atoms. The molecule has 25 heavy (non-hydrogen) atoms. The van der Waals surface area contributed by atoms with E-state index < -0.39 is 10.0 Å². The Labute approximate surface area is 148 Å². The molecular weight excluding hydrogens is 336 g/mol. The molecule has 0 radical (unpaired) electrons. The zero-order chi connectivity index (χ0) is 18.2. The molecule has 1 saturated carbocycles. The normalized spacial score (nSPS) is 14.4. The Kier molecular flexibility index (Phi) is 4.67. The monoisotopic (exact) mass is 358 g/mol. The molecule has 1 aliphatic rings. The van der Waals surface area contributed by atoms with Crippen LogP contribution in [0.15, 0.2) is 41.3 Å². The number of nitrogens with one attached hydrogen (secondary N) is 2. The lowest BCUT2D eigenvalue weighted by molar-refractivity contribution is 0.102. The molecule has 2 N–H and O–H groups in total. The minimum atomic E-state index is -3.50. The lowest BCUT2D eigenvalue weighted by Gasteiger charge is -2.13. The van der Waals surface area contributed by atoms with E-state index in [0.29, 0.717) is 5.56 Å². The maximum absolute atomic E-state index is 12.5. The molecule has 2 aromatic carbocycles. The molecule has 0 saturated heterocycles. The topological polar surface area (TPSA) is 75.3 Å². The van der Waals surface area contributed by atoms with E-state index in [1.165, 1.54) is 24.3 Å². The van der Waals surface area contributed by atoms with Crippen molar-refractivity contribution < 1.29 is 13.2 Å². The molecule has 1 aliphatic carbocycles. The third-order valence-electron chi connectivity index (χ3n) is 4.24. The Morgan fingerprint density at radius 1 is 1.00 bits per heavy atom. The maximum atomic E-state index is 12.5. The minimum Gasteiger partial charge on any atom is -0.322 e. The molecule has 0 aromatic heterocycles. The summed E-state index contributed by atoms with van der Waals surface area (Å²) in [7, 11) is -3.50. The summed E-state index contributed by atoms with van der Waals surface area (Å²) < 4.78 is 27.0. The van der Waals surface area contributed by atoms with Gasteiger partial charge < -0.3 is 5.32 Å². The van der Waals surface area contributed by atoms with E-state index in [1.54, 1.807) is 0 Å². The zero-order valence-electron chi connectivity index (χ0n) is 14.6. The van der Waals surface area contributed by atoms with Gasteiger partial charge in [-0.25, -0.2) is 13.1 Å². The van der Waals surface area contributed by atoms with Gasteiger partial charge in [-0.1, -0.05) is 17.7 Å². The van der Waals surface area contributed by atoms with Crippen molar-refractivity contribution in [1.29, 1.82) is 0 Å². The van der Waals surface area contributed by atoms with E-state index >= 15 is 0 Å². The summed E-state index contributed by atoms with van der Waals surface area (Å²) >= 11 is 0. The van der Waals surface area contributed by atoms with Gasteiger partial charge in [-0.3, -0.25) is 4.79 Å². The van der Waals surface area contributed by atoms with Crippen molar-refractivity contribution in [3.63, 3.8) is 0 Å². The first-order valence-electron chi connectivity index (χ1n) is 8.28. The number of hydrogen-bond acceptors (Lipinski definition) is 3.